The Bertz CT molecular complexity index is 921. The second-order valence-electron chi connectivity index (χ2n) is 6.10. The molecule has 0 fully saturated rings. The lowest BCUT2D eigenvalue weighted by molar-refractivity contribution is 0.102. The SMILES string of the molecule is Cc1cccc(OCc2nnc(SCC(=O)c3cc(C)ccc3C)o2)c1. The van der Waals surface area contributed by atoms with Gasteiger partial charge in [-0.25, -0.2) is 0 Å². The standard InChI is InChI=1S/C20H20N2O3S/c1-13-5-4-6-16(9-13)24-11-19-21-22-20(25-19)26-12-18(23)17-10-14(2)7-8-15(17)3/h4-10H,11-12H2,1-3H3. The van der Waals surface area contributed by atoms with E-state index in [1.54, 1.807) is 0 Å². The molecule has 0 bridgehead atoms. The molecule has 0 unspecified atom stereocenters. The Balaban J connectivity index is 1.55. The summed E-state index contributed by atoms with van der Waals surface area (Å²) in [6, 6.07) is 13.6. The zero-order chi connectivity index (χ0) is 18.5. The van der Waals surface area contributed by atoms with Crippen molar-refractivity contribution in [3.05, 3.63) is 70.6 Å². The zero-order valence-corrected chi connectivity index (χ0v) is 15.8. The van der Waals surface area contributed by atoms with Gasteiger partial charge in [-0.05, 0) is 50.1 Å². The van der Waals surface area contributed by atoms with E-state index in [2.05, 4.69) is 10.2 Å². The summed E-state index contributed by atoms with van der Waals surface area (Å²) in [7, 11) is 0. The first-order valence-electron chi connectivity index (χ1n) is 8.26. The first-order chi connectivity index (χ1) is 12.5. The lowest BCUT2D eigenvalue weighted by Crippen LogP contribution is -2.05. The predicted molar refractivity (Wildman–Crippen MR) is 101 cm³/mol. The van der Waals surface area contributed by atoms with Crippen molar-refractivity contribution < 1.29 is 13.9 Å². The van der Waals surface area contributed by atoms with Gasteiger partial charge in [-0.1, -0.05) is 41.6 Å². The molecule has 6 heteroatoms. The monoisotopic (exact) mass is 368 g/mol. The van der Waals surface area contributed by atoms with Gasteiger partial charge in [-0.15, -0.1) is 10.2 Å². The number of Topliss-reactive ketones (excluding diaryl/α,β-unsaturated/α-hetero) is 1. The van der Waals surface area contributed by atoms with Crippen molar-refractivity contribution in [2.75, 3.05) is 5.75 Å². The van der Waals surface area contributed by atoms with Crippen LogP contribution in [0.1, 0.15) is 32.9 Å². The maximum Gasteiger partial charge on any atom is 0.277 e. The predicted octanol–water partition coefficient (Wildman–Crippen LogP) is 4.55. The summed E-state index contributed by atoms with van der Waals surface area (Å²) in [5, 5.41) is 8.30. The Labute approximate surface area is 156 Å². The molecule has 1 heterocycles. The Morgan fingerprint density at radius 3 is 2.69 bits per heavy atom. The molecule has 5 nitrogen and oxygen atoms in total. The topological polar surface area (TPSA) is 65.2 Å². The lowest BCUT2D eigenvalue weighted by Gasteiger charge is -2.05. The molecule has 26 heavy (non-hydrogen) atoms. The molecule has 134 valence electrons. The molecule has 0 saturated heterocycles. The maximum atomic E-state index is 12.4. The van der Waals surface area contributed by atoms with Crippen LogP contribution in [-0.4, -0.2) is 21.7 Å². The van der Waals surface area contributed by atoms with Crippen molar-refractivity contribution in [3.63, 3.8) is 0 Å². The van der Waals surface area contributed by atoms with Gasteiger partial charge in [-0.2, -0.15) is 0 Å². The van der Waals surface area contributed by atoms with Crippen molar-refractivity contribution in [2.24, 2.45) is 0 Å². The number of nitrogens with zero attached hydrogens (tertiary/aromatic N) is 2. The van der Waals surface area contributed by atoms with Gasteiger partial charge < -0.3 is 9.15 Å². The number of hydrogen-bond acceptors (Lipinski definition) is 6. The van der Waals surface area contributed by atoms with Crippen LogP contribution < -0.4 is 4.74 Å². The molecule has 2 aromatic carbocycles. The van der Waals surface area contributed by atoms with Gasteiger partial charge in [0, 0.05) is 5.56 Å². The summed E-state index contributed by atoms with van der Waals surface area (Å²) in [5.41, 5.74) is 3.89. The normalized spacial score (nSPS) is 10.7. The van der Waals surface area contributed by atoms with E-state index >= 15 is 0 Å². The number of carbonyl (C=O) groups is 1. The maximum absolute atomic E-state index is 12.4. The largest absolute Gasteiger partial charge is 0.484 e. The number of ether oxygens (including phenoxy) is 1. The Kier molecular flexibility index (Phi) is 5.73. The van der Waals surface area contributed by atoms with E-state index in [9.17, 15) is 4.79 Å². The van der Waals surface area contributed by atoms with E-state index in [0.29, 0.717) is 11.1 Å². The van der Waals surface area contributed by atoms with Crippen LogP contribution in [0.4, 0.5) is 0 Å². The summed E-state index contributed by atoms with van der Waals surface area (Å²) < 4.78 is 11.2. The zero-order valence-electron chi connectivity index (χ0n) is 15.0. The minimum Gasteiger partial charge on any atom is -0.484 e. The number of ketones is 1. The Morgan fingerprint density at radius 1 is 1.08 bits per heavy atom. The van der Waals surface area contributed by atoms with E-state index in [0.717, 1.165) is 28.0 Å². The van der Waals surface area contributed by atoms with Crippen molar-refractivity contribution in [1.29, 1.82) is 0 Å². The van der Waals surface area contributed by atoms with Gasteiger partial charge in [0.25, 0.3) is 11.1 Å². The fraction of sp³-hybridized carbons (Fsp3) is 0.250. The van der Waals surface area contributed by atoms with E-state index in [-0.39, 0.29) is 18.1 Å². The molecule has 3 rings (SSSR count). The third-order valence-corrected chi connectivity index (χ3v) is 4.64. The summed E-state index contributed by atoms with van der Waals surface area (Å²) in [5.74, 6) is 1.44. The summed E-state index contributed by atoms with van der Waals surface area (Å²) in [6.45, 7) is 6.11. The third kappa shape index (κ3) is 4.73. The third-order valence-electron chi connectivity index (χ3n) is 3.82. The Hall–Kier alpha value is -2.60. The van der Waals surface area contributed by atoms with Crippen LogP contribution in [0, 0.1) is 20.8 Å². The minimum absolute atomic E-state index is 0.0481. The van der Waals surface area contributed by atoms with Gasteiger partial charge in [0.2, 0.25) is 0 Å². The smallest absolute Gasteiger partial charge is 0.277 e. The van der Waals surface area contributed by atoms with Crippen LogP contribution >= 0.6 is 11.8 Å². The highest BCUT2D eigenvalue weighted by Crippen LogP contribution is 2.21. The van der Waals surface area contributed by atoms with E-state index < -0.39 is 0 Å². The van der Waals surface area contributed by atoms with Crippen LogP contribution in [0.2, 0.25) is 0 Å². The fourth-order valence-corrected chi connectivity index (χ4v) is 3.11. The van der Waals surface area contributed by atoms with Crippen molar-refractivity contribution in [1.82, 2.24) is 10.2 Å². The molecule has 3 aromatic rings. The molecular weight excluding hydrogens is 348 g/mol. The van der Waals surface area contributed by atoms with E-state index in [1.807, 2.05) is 63.2 Å². The first-order valence-corrected chi connectivity index (χ1v) is 9.25. The molecule has 0 atom stereocenters. The number of thioether (sulfide) groups is 1. The highest BCUT2D eigenvalue weighted by atomic mass is 32.2. The highest BCUT2D eigenvalue weighted by molar-refractivity contribution is 7.99. The van der Waals surface area contributed by atoms with Crippen molar-refractivity contribution in [3.8, 4) is 5.75 Å². The van der Waals surface area contributed by atoms with Gasteiger partial charge in [0.05, 0.1) is 5.75 Å². The van der Waals surface area contributed by atoms with Gasteiger partial charge in [-0.3, -0.25) is 4.79 Å². The lowest BCUT2D eigenvalue weighted by atomic mass is 10.0. The summed E-state index contributed by atoms with van der Waals surface area (Å²) in [6.07, 6.45) is 0. The quantitative estimate of drug-likeness (QED) is 0.450. The fourth-order valence-electron chi connectivity index (χ4n) is 2.45. The number of hydrogen-bond donors (Lipinski definition) is 0. The van der Waals surface area contributed by atoms with Crippen LogP contribution in [0.5, 0.6) is 5.75 Å². The van der Waals surface area contributed by atoms with Gasteiger partial charge >= 0.3 is 0 Å². The minimum atomic E-state index is 0.0481. The first kappa shape index (κ1) is 18.2. The van der Waals surface area contributed by atoms with Crippen LogP contribution in [0.25, 0.3) is 0 Å². The highest BCUT2D eigenvalue weighted by Gasteiger charge is 2.13. The van der Waals surface area contributed by atoms with Crippen LogP contribution in [-0.2, 0) is 6.61 Å². The van der Waals surface area contributed by atoms with Gasteiger partial charge in [0.1, 0.15) is 5.75 Å². The molecule has 0 aliphatic rings. The van der Waals surface area contributed by atoms with Crippen molar-refractivity contribution in [2.45, 2.75) is 32.6 Å². The average Bonchev–Trinajstić information content (AvgIpc) is 3.08. The summed E-state index contributed by atoms with van der Waals surface area (Å²) in [4.78, 5) is 12.4. The number of aromatic nitrogens is 2. The number of benzene rings is 2. The second kappa shape index (κ2) is 8.19. The van der Waals surface area contributed by atoms with E-state index in [4.69, 9.17) is 9.15 Å². The molecule has 0 aliphatic carbocycles. The van der Waals surface area contributed by atoms with Crippen molar-refractivity contribution >= 4 is 17.5 Å². The number of carbonyl (C=O) groups excluding carboxylic acids is 1. The van der Waals surface area contributed by atoms with Gasteiger partial charge in [0.15, 0.2) is 12.4 Å². The van der Waals surface area contributed by atoms with Crippen LogP contribution in [0.3, 0.4) is 0 Å². The number of aryl methyl sites for hydroxylation is 3. The number of rotatable bonds is 7. The molecule has 0 spiro atoms. The molecule has 0 N–H and O–H groups in total. The molecule has 1 aromatic heterocycles. The van der Waals surface area contributed by atoms with E-state index in [1.165, 1.54) is 11.8 Å². The second-order valence-corrected chi connectivity index (χ2v) is 7.02. The molecule has 0 saturated carbocycles. The summed E-state index contributed by atoms with van der Waals surface area (Å²) >= 11 is 1.24. The molecular formula is C20H20N2O3S. The Morgan fingerprint density at radius 2 is 1.88 bits per heavy atom. The molecule has 0 amide bonds. The average molecular weight is 368 g/mol. The van der Waals surface area contributed by atoms with Crippen LogP contribution in [0.15, 0.2) is 52.1 Å². The molecule has 0 radical (unpaired) electrons. The molecule has 0 aliphatic heterocycles.